The van der Waals surface area contributed by atoms with Crippen molar-refractivity contribution in [3.63, 3.8) is 0 Å². The summed E-state index contributed by atoms with van der Waals surface area (Å²) in [4.78, 5) is 18.0. The molecular weight excluding hydrogens is 377 g/mol. The van der Waals surface area contributed by atoms with E-state index in [4.69, 9.17) is 4.52 Å². The lowest BCUT2D eigenvalue weighted by Gasteiger charge is -2.17. The molecule has 5 nitrogen and oxygen atoms in total. The van der Waals surface area contributed by atoms with Crippen molar-refractivity contribution < 1.29 is 13.7 Å². The molecule has 0 unspecified atom stereocenters. The maximum absolute atomic E-state index is 13.7. The summed E-state index contributed by atoms with van der Waals surface area (Å²) in [6, 6.07) is 4.71. The van der Waals surface area contributed by atoms with Crippen molar-refractivity contribution in [3.05, 3.63) is 45.8 Å². The van der Waals surface area contributed by atoms with Gasteiger partial charge in [0, 0.05) is 42.9 Å². The van der Waals surface area contributed by atoms with Gasteiger partial charge < -0.3 is 9.42 Å². The third kappa shape index (κ3) is 5.40. The Morgan fingerprint density at radius 3 is 2.92 bits per heavy atom. The minimum Gasteiger partial charge on any atom is -0.341 e. The van der Waals surface area contributed by atoms with Gasteiger partial charge in [-0.25, -0.2) is 4.39 Å². The van der Waals surface area contributed by atoms with Crippen LogP contribution in [0.5, 0.6) is 0 Å². The Balaban J connectivity index is 1.79. The molecule has 1 amide bonds. The Morgan fingerprint density at radius 1 is 1.38 bits per heavy atom. The van der Waals surface area contributed by atoms with Crippen molar-refractivity contribution in [2.24, 2.45) is 0 Å². The van der Waals surface area contributed by atoms with Gasteiger partial charge in [-0.3, -0.25) is 4.79 Å². The van der Waals surface area contributed by atoms with Crippen LogP contribution in [0.4, 0.5) is 4.39 Å². The van der Waals surface area contributed by atoms with Crippen LogP contribution < -0.4 is 0 Å². The zero-order valence-electron chi connectivity index (χ0n) is 13.9. The lowest BCUT2D eigenvalue weighted by Crippen LogP contribution is -2.26. The van der Waals surface area contributed by atoms with Crippen molar-refractivity contribution in [1.82, 2.24) is 15.0 Å². The molecule has 0 fully saturated rings. The molecule has 0 aliphatic heterocycles. The molecule has 0 N–H and O–H groups in total. The van der Waals surface area contributed by atoms with E-state index in [0.717, 1.165) is 17.3 Å². The van der Waals surface area contributed by atoms with Gasteiger partial charge in [-0.2, -0.15) is 4.98 Å². The first kappa shape index (κ1) is 18.6. The van der Waals surface area contributed by atoms with Gasteiger partial charge in [0.1, 0.15) is 5.82 Å². The number of nitrogens with zero attached hydrogens (tertiary/aromatic N) is 3. The minimum absolute atomic E-state index is 0.0392. The van der Waals surface area contributed by atoms with E-state index >= 15 is 0 Å². The molecule has 7 heteroatoms. The number of aryl methyl sites for hydroxylation is 2. The average molecular weight is 398 g/mol. The quantitative estimate of drug-likeness (QED) is 0.677. The number of halogens is 2. The van der Waals surface area contributed by atoms with Gasteiger partial charge in [-0.05, 0) is 31.0 Å². The van der Waals surface area contributed by atoms with Crippen LogP contribution in [0, 0.1) is 5.82 Å². The van der Waals surface area contributed by atoms with Gasteiger partial charge in [0.15, 0.2) is 5.82 Å². The van der Waals surface area contributed by atoms with Gasteiger partial charge in [-0.15, -0.1) is 0 Å². The first-order valence-corrected chi connectivity index (χ1v) is 8.78. The third-order valence-electron chi connectivity index (χ3n) is 3.61. The summed E-state index contributed by atoms with van der Waals surface area (Å²) in [5, 5.41) is 3.89. The van der Waals surface area contributed by atoms with Crippen molar-refractivity contribution in [2.75, 3.05) is 7.05 Å². The van der Waals surface area contributed by atoms with Crippen molar-refractivity contribution in [2.45, 2.75) is 45.6 Å². The molecule has 2 rings (SSSR count). The standard InChI is InChI=1S/C17H21BrFN3O2/c1-3-5-15-20-16(24-21-15)6-4-7-17(23)22(2)11-12-10-13(18)8-9-14(12)19/h8-10H,3-7,11H2,1-2H3. The molecular formula is C17H21BrFN3O2. The number of hydrogen-bond acceptors (Lipinski definition) is 4. The number of carbonyl (C=O) groups is 1. The largest absolute Gasteiger partial charge is 0.341 e. The van der Waals surface area contributed by atoms with Gasteiger partial charge in [0.05, 0.1) is 0 Å². The Hall–Kier alpha value is -1.76. The summed E-state index contributed by atoms with van der Waals surface area (Å²) < 4.78 is 19.7. The monoisotopic (exact) mass is 397 g/mol. The van der Waals surface area contributed by atoms with Gasteiger partial charge in [-0.1, -0.05) is 28.0 Å². The van der Waals surface area contributed by atoms with Crippen LogP contribution in [0.15, 0.2) is 27.2 Å². The second-order valence-corrected chi connectivity index (χ2v) is 6.61. The molecule has 0 spiro atoms. The fourth-order valence-electron chi connectivity index (χ4n) is 2.31. The van der Waals surface area contributed by atoms with E-state index in [1.54, 1.807) is 19.2 Å². The summed E-state index contributed by atoms with van der Waals surface area (Å²) in [6.07, 6.45) is 3.31. The average Bonchev–Trinajstić information content (AvgIpc) is 2.98. The predicted octanol–water partition coefficient (Wildman–Crippen LogP) is 3.91. The van der Waals surface area contributed by atoms with E-state index in [-0.39, 0.29) is 18.3 Å². The smallest absolute Gasteiger partial charge is 0.226 e. The number of hydrogen-bond donors (Lipinski definition) is 0. The lowest BCUT2D eigenvalue weighted by atomic mass is 10.2. The Labute approximate surface area is 149 Å². The normalized spacial score (nSPS) is 10.8. The van der Waals surface area contributed by atoms with E-state index < -0.39 is 0 Å². The van der Waals surface area contributed by atoms with Crippen LogP contribution >= 0.6 is 15.9 Å². The SMILES string of the molecule is CCCc1noc(CCCC(=O)N(C)Cc2cc(Br)ccc2F)n1. The number of amides is 1. The maximum Gasteiger partial charge on any atom is 0.226 e. The summed E-state index contributed by atoms with van der Waals surface area (Å²) >= 11 is 3.31. The lowest BCUT2D eigenvalue weighted by molar-refractivity contribution is -0.130. The van der Waals surface area contributed by atoms with E-state index in [1.165, 1.54) is 11.0 Å². The van der Waals surface area contributed by atoms with Crippen LogP contribution in [0.25, 0.3) is 0 Å². The van der Waals surface area contributed by atoms with Gasteiger partial charge in [0.25, 0.3) is 0 Å². The van der Waals surface area contributed by atoms with Crippen molar-refractivity contribution >= 4 is 21.8 Å². The van der Waals surface area contributed by atoms with Crippen LogP contribution in [-0.2, 0) is 24.2 Å². The summed E-state index contributed by atoms with van der Waals surface area (Å²) in [5.74, 6) is 0.919. The van der Waals surface area contributed by atoms with Crippen LogP contribution in [0.3, 0.4) is 0 Å². The summed E-state index contributed by atoms with van der Waals surface area (Å²) in [5.41, 5.74) is 0.487. The molecule has 0 atom stereocenters. The second kappa shape index (κ2) is 8.92. The van der Waals surface area contributed by atoms with Crippen molar-refractivity contribution in [1.29, 1.82) is 0 Å². The Bertz CT molecular complexity index is 690. The molecule has 2 aromatic rings. The number of carbonyl (C=O) groups excluding carboxylic acids is 1. The molecule has 0 saturated carbocycles. The minimum atomic E-state index is -0.313. The van der Waals surface area contributed by atoms with Gasteiger partial charge in [0.2, 0.25) is 11.8 Å². The van der Waals surface area contributed by atoms with Crippen LogP contribution in [0.1, 0.15) is 43.5 Å². The van der Waals surface area contributed by atoms with E-state index in [9.17, 15) is 9.18 Å². The predicted molar refractivity (Wildman–Crippen MR) is 91.8 cm³/mol. The first-order chi connectivity index (χ1) is 11.5. The highest BCUT2D eigenvalue weighted by Crippen LogP contribution is 2.17. The number of rotatable bonds is 8. The molecule has 1 aromatic carbocycles. The molecule has 1 heterocycles. The molecule has 0 aliphatic carbocycles. The number of aromatic nitrogens is 2. The highest BCUT2D eigenvalue weighted by Gasteiger charge is 2.13. The summed E-state index contributed by atoms with van der Waals surface area (Å²) in [6.45, 7) is 2.30. The zero-order chi connectivity index (χ0) is 17.5. The Morgan fingerprint density at radius 2 is 2.17 bits per heavy atom. The van der Waals surface area contributed by atoms with Crippen LogP contribution in [-0.4, -0.2) is 28.0 Å². The molecule has 1 aromatic heterocycles. The molecule has 0 aliphatic rings. The third-order valence-corrected chi connectivity index (χ3v) is 4.10. The molecule has 0 radical (unpaired) electrons. The fourth-order valence-corrected chi connectivity index (χ4v) is 2.72. The summed E-state index contributed by atoms with van der Waals surface area (Å²) in [7, 11) is 1.68. The molecule has 130 valence electrons. The topological polar surface area (TPSA) is 59.2 Å². The Kier molecular flexibility index (Phi) is 6.90. The second-order valence-electron chi connectivity index (χ2n) is 5.69. The van der Waals surface area contributed by atoms with E-state index in [0.29, 0.717) is 36.5 Å². The zero-order valence-corrected chi connectivity index (χ0v) is 15.5. The molecule has 24 heavy (non-hydrogen) atoms. The van der Waals surface area contributed by atoms with Gasteiger partial charge >= 0.3 is 0 Å². The molecule has 0 saturated heterocycles. The molecule has 0 bridgehead atoms. The number of benzene rings is 1. The highest BCUT2D eigenvalue weighted by atomic mass is 79.9. The van der Waals surface area contributed by atoms with Crippen molar-refractivity contribution in [3.8, 4) is 0 Å². The first-order valence-electron chi connectivity index (χ1n) is 7.99. The maximum atomic E-state index is 13.7. The van der Waals surface area contributed by atoms with E-state index in [1.807, 2.05) is 0 Å². The van der Waals surface area contributed by atoms with Crippen LogP contribution in [0.2, 0.25) is 0 Å². The highest BCUT2D eigenvalue weighted by molar-refractivity contribution is 9.10. The fraction of sp³-hybridized carbons (Fsp3) is 0.471. The van der Waals surface area contributed by atoms with E-state index in [2.05, 4.69) is 33.0 Å².